The fourth-order valence-electron chi connectivity index (χ4n) is 2.75. The summed E-state index contributed by atoms with van der Waals surface area (Å²) in [6.07, 6.45) is 0.0857. The average Bonchev–Trinajstić information content (AvgIpc) is 3.34. The second kappa shape index (κ2) is 8.10. The summed E-state index contributed by atoms with van der Waals surface area (Å²) in [5.41, 5.74) is 2.46. The van der Waals surface area contributed by atoms with Gasteiger partial charge in [-0.05, 0) is 42.8 Å². The summed E-state index contributed by atoms with van der Waals surface area (Å²) in [4.78, 5) is 29.0. The van der Waals surface area contributed by atoms with Gasteiger partial charge in [0.25, 0.3) is 5.91 Å². The number of rotatable bonds is 5. The van der Waals surface area contributed by atoms with Gasteiger partial charge in [0.05, 0.1) is 12.1 Å². The van der Waals surface area contributed by atoms with Crippen molar-refractivity contribution in [3.8, 4) is 11.5 Å². The lowest BCUT2D eigenvalue weighted by Crippen LogP contribution is -2.16. The standard InChI is InChI=1S/C20H16ClN3O4S/c1-11-14(21)3-2-4-15(11)23-18(25)8-13-9-29-20(22-13)24-19(26)12-5-6-16-17(7-12)28-10-27-16/h2-7,9H,8,10H2,1H3,(H,23,25)(H,22,24,26). The maximum atomic E-state index is 12.4. The molecule has 1 aromatic heterocycles. The Kier molecular flexibility index (Phi) is 5.37. The van der Waals surface area contributed by atoms with Crippen molar-refractivity contribution in [1.82, 2.24) is 4.98 Å². The number of fused-ring (bicyclic) bond motifs is 1. The van der Waals surface area contributed by atoms with Crippen LogP contribution in [0, 0.1) is 6.92 Å². The van der Waals surface area contributed by atoms with Crippen LogP contribution in [-0.4, -0.2) is 23.6 Å². The van der Waals surface area contributed by atoms with Gasteiger partial charge < -0.3 is 14.8 Å². The molecule has 4 rings (SSSR count). The van der Waals surface area contributed by atoms with Crippen LogP contribution in [0.4, 0.5) is 10.8 Å². The minimum atomic E-state index is -0.316. The molecule has 0 spiro atoms. The minimum Gasteiger partial charge on any atom is -0.454 e. The summed E-state index contributed by atoms with van der Waals surface area (Å²) in [5, 5.41) is 8.29. The van der Waals surface area contributed by atoms with E-state index in [0.29, 0.717) is 38.6 Å². The van der Waals surface area contributed by atoms with Crippen LogP contribution in [-0.2, 0) is 11.2 Å². The first-order chi connectivity index (χ1) is 14.0. The Labute approximate surface area is 175 Å². The van der Waals surface area contributed by atoms with Crippen LogP contribution < -0.4 is 20.1 Å². The third-order valence-electron chi connectivity index (χ3n) is 4.29. The Morgan fingerprint density at radius 3 is 2.86 bits per heavy atom. The van der Waals surface area contributed by atoms with Gasteiger partial charge in [0, 0.05) is 21.7 Å². The molecule has 2 amide bonds. The Balaban J connectivity index is 1.37. The first kappa shape index (κ1) is 19.2. The van der Waals surface area contributed by atoms with Crippen LogP contribution in [0.25, 0.3) is 0 Å². The Bertz CT molecular complexity index is 1100. The third kappa shape index (κ3) is 4.33. The van der Waals surface area contributed by atoms with Gasteiger partial charge in [-0.25, -0.2) is 4.98 Å². The first-order valence-corrected chi connectivity index (χ1v) is 9.96. The lowest BCUT2D eigenvalue weighted by Gasteiger charge is -2.08. The van der Waals surface area contributed by atoms with E-state index in [1.54, 1.807) is 41.8 Å². The van der Waals surface area contributed by atoms with Crippen LogP contribution in [0.5, 0.6) is 11.5 Å². The zero-order valence-electron chi connectivity index (χ0n) is 15.3. The van der Waals surface area contributed by atoms with E-state index in [4.69, 9.17) is 21.1 Å². The van der Waals surface area contributed by atoms with E-state index in [2.05, 4.69) is 15.6 Å². The maximum Gasteiger partial charge on any atom is 0.257 e. The lowest BCUT2D eigenvalue weighted by molar-refractivity contribution is -0.115. The number of aromatic nitrogens is 1. The molecular formula is C20H16ClN3O4S. The van der Waals surface area contributed by atoms with Crippen LogP contribution in [0.2, 0.25) is 5.02 Å². The van der Waals surface area contributed by atoms with Crippen molar-refractivity contribution < 1.29 is 19.1 Å². The molecule has 0 fully saturated rings. The average molecular weight is 430 g/mol. The Morgan fingerprint density at radius 2 is 2.00 bits per heavy atom. The number of hydrogen-bond acceptors (Lipinski definition) is 6. The molecule has 0 saturated carbocycles. The zero-order chi connectivity index (χ0) is 20.4. The monoisotopic (exact) mass is 429 g/mol. The van der Waals surface area contributed by atoms with E-state index in [9.17, 15) is 9.59 Å². The highest BCUT2D eigenvalue weighted by Gasteiger charge is 2.17. The fourth-order valence-corrected chi connectivity index (χ4v) is 3.63. The predicted molar refractivity (Wildman–Crippen MR) is 111 cm³/mol. The van der Waals surface area contributed by atoms with Gasteiger partial charge in [0.1, 0.15) is 0 Å². The topological polar surface area (TPSA) is 89.6 Å². The molecule has 0 atom stereocenters. The molecule has 1 aliphatic rings. The molecule has 148 valence electrons. The summed E-state index contributed by atoms with van der Waals surface area (Å²) in [7, 11) is 0. The SMILES string of the molecule is Cc1c(Cl)cccc1NC(=O)Cc1csc(NC(=O)c2ccc3c(c2)OCO3)n1. The second-order valence-electron chi connectivity index (χ2n) is 6.30. The molecule has 9 heteroatoms. The zero-order valence-corrected chi connectivity index (χ0v) is 16.9. The van der Waals surface area contributed by atoms with Crippen molar-refractivity contribution >= 4 is 45.6 Å². The minimum absolute atomic E-state index is 0.0857. The molecule has 2 N–H and O–H groups in total. The van der Waals surface area contributed by atoms with Gasteiger partial charge in [-0.3, -0.25) is 14.9 Å². The number of nitrogens with zero attached hydrogens (tertiary/aromatic N) is 1. The number of ether oxygens (including phenoxy) is 2. The van der Waals surface area contributed by atoms with Crippen molar-refractivity contribution in [1.29, 1.82) is 0 Å². The van der Waals surface area contributed by atoms with E-state index in [-0.39, 0.29) is 25.0 Å². The number of carbonyl (C=O) groups excluding carboxylic acids is 2. The molecule has 2 aromatic carbocycles. The van der Waals surface area contributed by atoms with E-state index in [1.807, 2.05) is 6.92 Å². The molecule has 0 saturated heterocycles. The van der Waals surface area contributed by atoms with Crippen LogP contribution in [0.3, 0.4) is 0 Å². The quantitative estimate of drug-likeness (QED) is 0.632. The number of carbonyl (C=O) groups is 2. The lowest BCUT2D eigenvalue weighted by atomic mass is 10.2. The number of anilines is 2. The molecule has 3 aromatic rings. The normalized spacial score (nSPS) is 11.9. The van der Waals surface area contributed by atoms with E-state index in [0.717, 1.165) is 5.56 Å². The summed E-state index contributed by atoms with van der Waals surface area (Å²) in [5.74, 6) is 0.613. The molecular weight excluding hydrogens is 414 g/mol. The highest BCUT2D eigenvalue weighted by atomic mass is 35.5. The van der Waals surface area contributed by atoms with Crippen LogP contribution in [0.1, 0.15) is 21.6 Å². The summed E-state index contributed by atoms with van der Waals surface area (Å²) >= 11 is 7.33. The second-order valence-corrected chi connectivity index (χ2v) is 7.57. The van der Waals surface area contributed by atoms with Crippen molar-refractivity contribution in [3.05, 3.63) is 63.6 Å². The summed E-state index contributed by atoms with van der Waals surface area (Å²) in [6.45, 7) is 1.98. The van der Waals surface area contributed by atoms with Crippen LogP contribution in [0.15, 0.2) is 41.8 Å². The molecule has 0 aliphatic carbocycles. The molecule has 0 unspecified atom stereocenters. The predicted octanol–water partition coefficient (Wildman–Crippen LogP) is 4.27. The number of halogens is 1. The highest BCUT2D eigenvalue weighted by Crippen LogP contribution is 2.32. The number of benzene rings is 2. The van der Waals surface area contributed by atoms with E-state index >= 15 is 0 Å². The van der Waals surface area contributed by atoms with Crippen molar-refractivity contribution in [2.45, 2.75) is 13.3 Å². The van der Waals surface area contributed by atoms with E-state index in [1.165, 1.54) is 11.3 Å². The molecule has 7 nitrogen and oxygen atoms in total. The molecule has 1 aliphatic heterocycles. The first-order valence-electron chi connectivity index (χ1n) is 8.70. The van der Waals surface area contributed by atoms with Crippen molar-refractivity contribution in [2.75, 3.05) is 17.4 Å². The smallest absolute Gasteiger partial charge is 0.257 e. The fraction of sp³-hybridized carbons (Fsp3) is 0.150. The Hall–Kier alpha value is -3.10. The van der Waals surface area contributed by atoms with Gasteiger partial charge in [0.2, 0.25) is 12.7 Å². The van der Waals surface area contributed by atoms with E-state index < -0.39 is 0 Å². The van der Waals surface area contributed by atoms with Gasteiger partial charge >= 0.3 is 0 Å². The summed E-state index contributed by atoms with van der Waals surface area (Å²) < 4.78 is 10.5. The highest BCUT2D eigenvalue weighted by molar-refractivity contribution is 7.14. The number of nitrogens with one attached hydrogen (secondary N) is 2. The van der Waals surface area contributed by atoms with Crippen LogP contribution >= 0.6 is 22.9 Å². The molecule has 29 heavy (non-hydrogen) atoms. The van der Waals surface area contributed by atoms with Gasteiger partial charge in [0.15, 0.2) is 16.6 Å². The third-order valence-corrected chi connectivity index (χ3v) is 5.51. The molecule has 0 radical (unpaired) electrons. The maximum absolute atomic E-state index is 12.4. The van der Waals surface area contributed by atoms with Gasteiger partial charge in [-0.2, -0.15) is 0 Å². The number of thiazole rings is 1. The van der Waals surface area contributed by atoms with Crippen molar-refractivity contribution in [2.24, 2.45) is 0 Å². The van der Waals surface area contributed by atoms with Gasteiger partial charge in [-0.15, -0.1) is 11.3 Å². The molecule has 2 heterocycles. The Morgan fingerprint density at radius 1 is 1.17 bits per heavy atom. The summed E-state index contributed by atoms with van der Waals surface area (Å²) in [6, 6.07) is 10.3. The van der Waals surface area contributed by atoms with Crippen molar-refractivity contribution in [3.63, 3.8) is 0 Å². The molecule has 0 bridgehead atoms. The number of amides is 2. The van der Waals surface area contributed by atoms with Gasteiger partial charge in [-0.1, -0.05) is 17.7 Å². The number of hydrogen-bond donors (Lipinski definition) is 2. The largest absolute Gasteiger partial charge is 0.454 e.